The van der Waals surface area contributed by atoms with Gasteiger partial charge in [0, 0.05) is 0 Å². The summed E-state index contributed by atoms with van der Waals surface area (Å²) in [6.07, 6.45) is -1.41. The lowest BCUT2D eigenvalue weighted by molar-refractivity contribution is -0.147. The topological polar surface area (TPSA) is 26.3 Å². The maximum atomic E-state index is 14.1. The lowest BCUT2D eigenvalue weighted by Crippen LogP contribution is -2.25. The maximum absolute atomic E-state index is 14.1. The summed E-state index contributed by atoms with van der Waals surface area (Å²) in [6, 6.07) is 9.96. The van der Waals surface area contributed by atoms with Crippen molar-refractivity contribution in [2.75, 3.05) is 6.61 Å². The highest BCUT2D eigenvalue weighted by Crippen LogP contribution is 2.44. The van der Waals surface area contributed by atoms with Gasteiger partial charge in [-0.1, -0.05) is 64.4 Å². The maximum Gasteiger partial charge on any atom is 0.416 e. The fourth-order valence-electron chi connectivity index (χ4n) is 4.07. The fraction of sp³-hybridized carbons (Fsp3) is 0.519. The van der Waals surface area contributed by atoms with Crippen LogP contribution in [-0.4, -0.2) is 12.6 Å². The molecule has 5 heteroatoms. The molecule has 2 aromatic carbocycles. The lowest BCUT2D eigenvalue weighted by atomic mass is 9.77. The van der Waals surface area contributed by atoms with Gasteiger partial charge in [-0.15, -0.1) is 0 Å². The average molecular weight is 449 g/mol. The van der Waals surface area contributed by atoms with E-state index in [1.165, 1.54) is 6.07 Å². The van der Waals surface area contributed by atoms with E-state index < -0.39 is 23.6 Å². The molecule has 0 N–H and O–H groups in total. The number of alkyl halides is 3. The molecule has 1 atom stereocenters. The second-order valence-electron chi connectivity index (χ2n) is 9.58. The first-order chi connectivity index (χ1) is 14.9. The van der Waals surface area contributed by atoms with Crippen LogP contribution >= 0.6 is 0 Å². The SMILES string of the molecule is CCCCc1cc(-c2cccc(C(F)(F)F)c2C(CC(C)(C)C)C(=O)OCC)ccc1C. The Morgan fingerprint density at radius 3 is 2.31 bits per heavy atom. The van der Waals surface area contributed by atoms with Crippen LogP contribution in [0.3, 0.4) is 0 Å². The van der Waals surface area contributed by atoms with Crippen molar-refractivity contribution in [2.24, 2.45) is 5.41 Å². The van der Waals surface area contributed by atoms with Gasteiger partial charge in [-0.3, -0.25) is 4.79 Å². The Labute approximate surface area is 190 Å². The first kappa shape index (κ1) is 26.0. The Kier molecular flexibility index (Phi) is 8.55. The lowest BCUT2D eigenvalue weighted by Gasteiger charge is -2.29. The van der Waals surface area contributed by atoms with Crippen molar-refractivity contribution in [3.05, 3.63) is 58.7 Å². The van der Waals surface area contributed by atoms with Gasteiger partial charge in [0.15, 0.2) is 0 Å². The van der Waals surface area contributed by atoms with E-state index in [1.54, 1.807) is 13.0 Å². The Hall–Kier alpha value is -2.30. The summed E-state index contributed by atoms with van der Waals surface area (Å²) in [4.78, 5) is 13.0. The first-order valence-corrected chi connectivity index (χ1v) is 11.4. The van der Waals surface area contributed by atoms with Crippen molar-refractivity contribution < 1.29 is 22.7 Å². The highest BCUT2D eigenvalue weighted by atomic mass is 19.4. The Morgan fingerprint density at radius 2 is 1.75 bits per heavy atom. The molecular weight excluding hydrogens is 413 g/mol. The van der Waals surface area contributed by atoms with Gasteiger partial charge in [-0.25, -0.2) is 0 Å². The molecule has 2 nitrogen and oxygen atoms in total. The first-order valence-electron chi connectivity index (χ1n) is 11.4. The van der Waals surface area contributed by atoms with Gasteiger partial charge in [0.2, 0.25) is 0 Å². The standard InChI is InChI=1S/C27H35F3O2/c1-7-9-11-19-16-20(15-14-18(19)3)21-12-10-13-23(27(28,29)30)24(21)22(17-26(4,5)6)25(31)32-8-2/h10,12-16,22H,7-9,11,17H2,1-6H3. The summed E-state index contributed by atoms with van der Waals surface area (Å²) < 4.78 is 47.7. The number of rotatable bonds is 8. The number of esters is 1. The van der Waals surface area contributed by atoms with E-state index in [-0.39, 0.29) is 24.0 Å². The van der Waals surface area contributed by atoms with Gasteiger partial charge in [0.05, 0.1) is 18.1 Å². The van der Waals surface area contributed by atoms with Gasteiger partial charge >= 0.3 is 12.1 Å². The molecule has 176 valence electrons. The number of unbranched alkanes of at least 4 members (excludes halogenated alkanes) is 1. The zero-order valence-corrected chi connectivity index (χ0v) is 20.0. The normalized spacial score (nSPS) is 13.2. The Bertz CT molecular complexity index is 923. The number of ether oxygens (including phenoxy) is 1. The second kappa shape index (κ2) is 10.5. The van der Waals surface area contributed by atoms with Gasteiger partial charge in [-0.2, -0.15) is 13.2 Å². The molecule has 0 aliphatic heterocycles. The van der Waals surface area contributed by atoms with Crippen LogP contribution in [0, 0.1) is 12.3 Å². The van der Waals surface area contributed by atoms with Gasteiger partial charge in [0.25, 0.3) is 0 Å². The Morgan fingerprint density at radius 1 is 1.06 bits per heavy atom. The molecule has 0 saturated carbocycles. The minimum atomic E-state index is -4.58. The monoisotopic (exact) mass is 448 g/mol. The molecular formula is C27H35F3O2. The number of carbonyl (C=O) groups is 1. The largest absolute Gasteiger partial charge is 0.466 e. The predicted molar refractivity (Wildman–Crippen MR) is 124 cm³/mol. The summed E-state index contributed by atoms with van der Waals surface area (Å²) >= 11 is 0. The minimum absolute atomic E-state index is 0.0127. The fourth-order valence-corrected chi connectivity index (χ4v) is 4.07. The van der Waals surface area contributed by atoms with E-state index in [4.69, 9.17) is 4.74 Å². The third-order valence-corrected chi connectivity index (χ3v) is 5.61. The summed E-state index contributed by atoms with van der Waals surface area (Å²) in [5.41, 5.74) is 2.26. The van der Waals surface area contributed by atoms with Crippen LogP contribution in [0.15, 0.2) is 36.4 Å². The van der Waals surface area contributed by atoms with Crippen LogP contribution in [0.25, 0.3) is 11.1 Å². The van der Waals surface area contributed by atoms with Crippen LogP contribution in [-0.2, 0) is 22.1 Å². The van der Waals surface area contributed by atoms with E-state index in [9.17, 15) is 18.0 Å². The van der Waals surface area contributed by atoms with E-state index in [0.29, 0.717) is 11.1 Å². The van der Waals surface area contributed by atoms with E-state index in [0.717, 1.165) is 36.5 Å². The molecule has 0 aliphatic rings. The number of hydrogen-bond acceptors (Lipinski definition) is 2. The summed E-state index contributed by atoms with van der Waals surface area (Å²) in [5, 5.41) is 0. The van der Waals surface area contributed by atoms with E-state index in [2.05, 4.69) is 6.92 Å². The highest BCUT2D eigenvalue weighted by molar-refractivity contribution is 5.84. The number of carbonyl (C=O) groups excluding carboxylic acids is 1. The summed E-state index contributed by atoms with van der Waals surface area (Å²) in [5.74, 6) is -1.62. The molecule has 0 spiro atoms. The highest BCUT2D eigenvalue weighted by Gasteiger charge is 2.40. The summed E-state index contributed by atoms with van der Waals surface area (Å²) in [7, 11) is 0. The average Bonchev–Trinajstić information content (AvgIpc) is 2.70. The molecule has 32 heavy (non-hydrogen) atoms. The van der Waals surface area contributed by atoms with Crippen molar-refractivity contribution in [1.29, 1.82) is 0 Å². The molecule has 0 heterocycles. The van der Waals surface area contributed by atoms with Crippen molar-refractivity contribution in [3.8, 4) is 11.1 Å². The second-order valence-corrected chi connectivity index (χ2v) is 9.58. The predicted octanol–water partition coefficient (Wildman–Crippen LogP) is 8.11. The van der Waals surface area contributed by atoms with E-state index in [1.807, 2.05) is 45.9 Å². The molecule has 0 saturated heterocycles. The molecule has 0 bridgehead atoms. The molecule has 0 aromatic heterocycles. The third kappa shape index (κ3) is 6.60. The van der Waals surface area contributed by atoms with Crippen molar-refractivity contribution in [1.82, 2.24) is 0 Å². The number of aryl methyl sites for hydroxylation is 2. The smallest absolute Gasteiger partial charge is 0.416 e. The van der Waals surface area contributed by atoms with Crippen molar-refractivity contribution >= 4 is 5.97 Å². The zero-order valence-electron chi connectivity index (χ0n) is 20.0. The molecule has 2 aromatic rings. The number of benzene rings is 2. The Balaban J connectivity index is 2.79. The number of hydrogen-bond donors (Lipinski definition) is 0. The summed E-state index contributed by atoms with van der Waals surface area (Å²) in [6.45, 7) is 11.7. The molecule has 0 fully saturated rings. The van der Waals surface area contributed by atoms with Crippen molar-refractivity contribution in [2.45, 2.75) is 79.3 Å². The number of halogens is 3. The molecule has 0 amide bonds. The third-order valence-electron chi connectivity index (χ3n) is 5.61. The van der Waals surface area contributed by atoms with Crippen LogP contribution in [0.5, 0.6) is 0 Å². The van der Waals surface area contributed by atoms with E-state index >= 15 is 0 Å². The van der Waals surface area contributed by atoms with Crippen molar-refractivity contribution in [3.63, 3.8) is 0 Å². The van der Waals surface area contributed by atoms with Crippen LogP contribution in [0.2, 0.25) is 0 Å². The van der Waals surface area contributed by atoms with Crippen LogP contribution in [0.1, 0.15) is 82.1 Å². The molecule has 2 rings (SSSR count). The minimum Gasteiger partial charge on any atom is -0.466 e. The molecule has 0 aliphatic carbocycles. The van der Waals surface area contributed by atoms with Gasteiger partial charge in [-0.05, 0) is 72.4 Å². The van der Waals surface area contributed by atoms with Gasteiger partial charge < -0.3 is 4.74 Å². The van der Waals surface area contributed by atoms with Crippen LogP contribution < -0.4 is 0 Å². The molecule has 1 unspecified atom stereocenters. The van der Waals surface area contributed by atoms with Crippen LogP contribution in [0.4, 0.5) is 13.2 Å². The zero-order chi connectivity index (χ0) is 24.1. The van der Waals surface area contributed by atoms with Gasteiger partial charge in [0.1, 0.15) is 0 Å². The molecule has 0 radical (unpaired) electrons. The quantitative estimate of drug-likeness (QED) is 0.381.